The summed E-state index contributed by atoms with van der Waals surface area (Å²) in [7, 11) is 0. The normalized spacial score (nSPS) is 9.40. The number of carbonyl (C=O) groups excluding carboxylic acids is 1. The van der Waals surface area contributed by atoms with Gasteiger partial charge in [-0.3, -0.25) is 0 Å². The molecule has 0 atom stereocenters. The molecular weight excluding hydrogens is 262 g/mol. The lowest BCUT2D eigenvalue weighted by molar-refractivity contribution is 0.0524. The van der Waals surface area contributed by atoms with Crippen molar-refractivity contribution in [3.63, 3.8) is 0 Å². The zero-order valence-electron chi connectivity index (χ0n) is 7.95. The Morgan fingerprint density at radius 1 is 1.67 bits per heavy atom. The van der Waals surface area contributed by atoms with E-state index >= 15 is 0 Å². The van der Waals surface area contributed by atoms with Crippen LogP contribution in [0.5, 0.6) is 5.75 Å². The van der Waals surface area contributed by atoms with Crippen LogP contribution in [0.3, 0.4) is 0 Å². The van der Waals surface area contributed by atoms with Crippen LogP contribution in [0.4, 0.5) is 0 Å². The predicted molar refractivity (Wildman–Crippen MR) is 56.5 cm³/mol. The second-order valence-electron chi connectivity index (χ2n) is 2.66. The van der Waals surface area contributed by atoms with Gasteiger partial charge in [-0.1, -0.05) is 0 Å². The van der Waals surface area contributed by atoms with E-state index in [9.17, 15) is 9.90 Å². The van der Waals surface area contributed by atoms with E-state index in [-0.39, 0.29) is 28.0 Å². The minimum Gasteiger partial charge on any atom is -0.505 e. The summed E-state index contributed by atoms with van der Waals surface area (Å²) in [5.41, 5.74) is 0.309. The number of nitriles is 1. The molecule has 0 heterocycles. The zero-order valence-corrected chi connectivity index (χ0v) is 9.54. The Bertz CT molecular complexity index is 437. The van der Waals surface area contributed by atoms with Crippen molar-refractivity contribution in [3.8, 4) is 11.8 Å². The van der Waals surface area contributed by atoms with Gasteiger partial charge in [0.25, 0.3) is 0 Å². The van der Waals surface area contributed by atoms with Crippen LogP contribution >= 0.6 is 15.9 Å². The highest BCUT2D eigenvalue weighted by molar-refractivity contribution is 9.10. The Morgan fingerprint density at radius 2 is 2.33 bits per heavy atom. The van der Waals surface area contributed by atoms with E-state index in [1.54, 1.807) is 13.0 Å². The van der Waals surface area contributed by atoms with Gasteiger partial charge < -0.3 is 9.84 Å². The second kappa shape index (κ2) is 4.80. The number of halogens is 1. The fourth-order valence-electron chi connectivity index (χ4n) is 1.02. The van der Waals surface area contributed by atoms with Crippen LogP contribution in [0.1, 0.15) is 22.8 Å². The summed E-state index contributed by atoms with van der Waals surface area (Å²) < 4.78 is 4.95. The van der Waals surface area contributed by atoms with E-state index in [1.165, 1.54) is 12.1 Å². The van der Waals surface area contributed by atoms with Crippen molar-refractivity contribution in [2.75, 3.05) is 6.61 Å². The maximum Gasteiger partial charge on any atom is 0.339 e. The molecule has 0 radical (unpaired) electrons. The maximum atomic E-state index is 11.4. The summed E-state index contributed by atoms with van der Waals surface area (Å²) in [6, 6.07) is 4.60. The van der Waals surface area contributed by atoms with Gasteiger partial charge in [-0.15, -0.1) is 0 Å². The van der Waals surface area contributed by atoms with E-state index in [2.05, 4.69) is 15.9 Å². The Balaban J connectivity index is 3.19. The fraction of sp³-hybridized carbons (Fsp3) is 0.200. The molecule has 0 unspecified atom stereocenters. The van der Waals surface area contributed by atoms with Gasteiger partial charge in [0.05, 0.1) is 22.2 Å². The van der Waals surface area contributed by atoms with E-state index in [0.29, 0.717) is 0 Å². The van der Waals surface area contributed by atoms with Crippen LogP contribution in [-0.4, -0.2) is 17.7 Å². The average Bonchev–Trinajstić information content (AvgIpc) is 2.22. The summed E-state index contributed by atoms with van der Waals surface area (Å²) in [5.74, 6) is -0.785. The highest BCUT2D eigenvalue weighted by Crippen LogP contribution is 2.31. The van der Waals surface area contributed by atoms with Crippen LogP contribution in [0, 0.1) is 11.3 Å². The summed E-state index contributed by atoms with van der Waals surface area (Å²) in [6.45, 7) is 1.95. The molecular formula is C10H8BrNO3. The van der Waals surface area contributed by atoms with E-state index in [0.717, 1.165) is 0 Å². The number of hydrogen-bond donors (Lipinski definition) is 1. The van der Waals surface area contributed by atoms with Gasteiger partial charge in [0, 0.05) is 0 Å². The van der Waals surface area contributed by atoms with Crippen LogP contribution in [0.15, 0.2) is 16.6 Å². The Kier molecular flexibility index (Phi) is 3.69. The van der Waals surface area contributed by atoms with Crippen LogP contribution < -0.4 is 0 Å². The highest BCUT2D eigenvalue weighted by atomic mass is 79.9. The first-order valence-corrected chi connectivity index (χ1v) is 4.99. The zero-order chi connectivity index (χ0) is 11.4. The van der Waals surface area contributed by atoms with Gasteiger partial charge in [0.15, 0.2) is 0 Å². The highest BCUT2D eigenvalue weighted by Gasteiger charge is 2.16. The standard InChI is InChI=1S/C10H8BrNO3/c1-2-15-10(14)7-4-3-6(5-12)9(13)8(7)11/h3-4,13H,2H2,1H3. The molecule has 78 valence electrons. The molecule has 0 aliphatic rings. The molecule has 0 spiro atoms. The third-order valence-corrected chi connectivity index (χ3v) is 2.53. The number of phenols is 1. The molecule has 5 heteroatoms. The van der Waals surface area contributed by atoms with E-state index in [4.69, 9.17) is 10.00 Å². The first-order chi connectivity index (χ1) is 7.11. The first kappa shape index (κ1) is 11.5. The predicted octanol–water partition coefficient (Wildman–Crippen LogP) is 2.20. The van der Waals surface area contributed by atoms with Crippen molar-refractivity contribution in [1.82, 2.24) is 0 Å². The lowest BCUT2D eigenvalue weighted by Gasteiger charge is -2.06. The van der Waals surface area contributed by atoms with Gasteiger partial charge in [0.2, 0.25) is 0 Å². The lowest BCUT2D eigenvalue weighted by Crippen LogP contribution is -2.05. The number of aromatic hydroxyl groups is 1. The van der Waals surface area contributed by atoms with Crippen molar-refractivity contribution in [2.45, 2.75) is 6.92 Å². The van der Waals surface area contributed by atoms with Crippen LogP contribution in [0.25, 0.3) is 0 Å². The van der Waals surface area contributed by atoms with Crippen molar-refractivity contribution >= 4 is 21.9 Å². The molecule has 1 N–H and O–H groups in total. The van der Waals surface area contributed by atoms with E-state index < -0.39 is 5.97 Å². The summed E-state index contributed by atoms with van der Waals surface area (Å²) in [6.07, 6.45) is 0. The minimum atomic E-state index is -0.538. The maximum absolute atomic E-state index is 11.4. The van der Waals surface area contributed by atoms with Gasteiger partial charge in [-0.2, -0.15) is 5.26 Å². The fourth-order valence-corrected chi connectivity index (χ4v) is 1.53. The molecule has 15 heavy (non-hydrogen) atoms. The minimum absolute atomic E-state index is 0.106. The van der Waals surface area contributed by atoms with Gasteiger partial charge in [-0.05, 0) is 35.0 Å². The number of benzene rings is 1. The quantitative estimate of drug-likeness (QED) is 0.836. The molecule has 0 saturated heterocycles. The van der Waals surface area contributed by atoms with Gasteiger partial charge >= 0.3 is 5.97 Å². The summed E-state index contributed by atoms with van der Waals surface area (Å²) >= 11 is 3.04. The number of hydrogen-bond acceptors (Lipinski definition) is 4. The smallest absolute Gasteiger partial charge is 0.339 e. The SMILES string of the molecule is CCOC(=O)c1ccc(C#N)c(O)c1Br. The Labute approximate surface area is 95.2 Å². The number of ether oxygens (including phenoxy) is 1. The second-order valence-corrected chi connectivity index (χ2v) is 3.45. The molecule has 1 rings (SSSR count). The Morgan fingerprint density at radius 3 is 2.87 bits per heavy atom. The Hall–Kier alpha value is -1.54. The molecule has 0 aliphatic carbocycles. The molecule has 1 aromatic carbocycles. The largest absolute Gasteiger partial charge is 0.505 e. The molecule has 0 fully saturated rings. The molecule has 0 saturated carbocycles. The van der Waals surface area contributed by atoms with Gasteiger partial charge in [0.1, 0.15) is 11.8 Å². The van der Waals surface area contributed by atoms with Crippen LogP contribution in [-0.2, 0) is 4.74 Å². The summed E-state index contributed by atoms with van der Waals surface area (Å²) in [4.78, 5) is 11.4. The number of phenolic OH excluding ortho intramolecular Hbond substituents is 1. The number of nitrogens with zero attached hydrogens (tertiary/aromatic N) is 1. The first-order valence-electron chi connectivity index (χ1n) is 4.20. The number of esters is 1. The topological polar surface area (TPSA) is 70.3 Å². The van der Waals surface area contributed by atoms with Crippen molar-refractivity contribution in [1.29, 1.82) is 5.26 Å². The van der Waals surface area contributed by atoms with Crippen molar-refractivity contribution < 1.29 is 14.6 Å². The molecule has 0 aliphatic heterocycles. The van der Waals surface area contributed by atoms with Crippen molar-refractivity contribution in [2.24, 2.45) is 0 Å². The molecule has 0 bridgehead atoms. The number of rotatable bonds is 2. The molecule has 4 nitrogen and oxygen atoms in total. The van der Waals surface area contributed by atoms with Crippen LogP contribution in [0.2, 0.25) is 0 Å². The van der Waals surface area contributed by atoms with Gasteiger partial charge in [-0.25, -0.2) is 4.79 Å². The van der Waals surface area contributed by atoms with Crippen molar-refractivity contribution in [3.05, 3.63) is 27.7 Å². The monoisotopic (exact) mass is 269 g/mol. The lowest BCUT2D eigenvalue weighted by atomic mass is 10.1. The number of carbonyl (C=O) groups is 1. The third kappa shape index (κ3) is 2.28. The third-order valence-electron chi connectivity index (χ3n) is 1.73. The molecule has 1 aromatic rings. The summed E-state index contributed by atoms with van der Waals surface area (Å²) in [5, 5.41) is 18.1. The average molecular weight is 270 g/mol. The molecule has 0 aromatic heterocycles. The molecule has 0 amide bonds. The van der Waals surface area contributed by atoms with E-state index in [1.807, 2.05) is 0 Å².